The maximum Gasteiger partial charge on any atom is 0.119 e. The molecule has 1 aromatic carbocycles. The molecule has 100 valence electrons. The molecule has 0 unspecified atom stereocenters. The highest BCUT2D eigenvalue weighted by molar-refractivity contribution is 5.30. The summed E-state index contributed by atoms with van der Waals surface area (Å²) >= 11 is 0. The van der Waals surface area contributed by atoms with Crippen LogP contribution in [-0.4, -0.2) is 12.1 Å². The highest BCUT2D eigenvalue weighted by Crippen LogP contribution is 2.18. The van der Waals surface area contributed by atoms with Gasteiger partial charge in [-0.1, -0.05) is 18.2 Å². The summed E-state index contributed by atoms with van der Waals surface area (Å²) in [5.41, 5.74) is 3.46. The van der Waals surface area contributed by atoms with E-state index in [0.29, 0.717) is 0 Å². The molecule has 0 aliphatic rings. The van der Waals surface area contributed by atoms with Crippen LogP contribution in [0, 0.1) is 6.92 Å². The molecule has 2 aromatic rings. The molecule has 1 N–H and O–H groups in total. The van der Waals surface area contributed by atoms with Gasteiger partial charge in [-0.15, -0.1) is 0 Å². The summed E-state index contributed by atoms with van der Waals surface area (Å²) in [7, 11) is 1.69. The lowest BCUT2D eigenvalue weighted by Gasteiger charge is -2.15. The molecular formula is C16H20N2O. The van der Waals surface area contributed by atoms with E-state index < -0.39 is 0 Å². The number of hydrogen-bond acceptors (Lipinski definition) is 3. The van der Waals surface area contributed by atoms with Crippen LogP contribution in [0.15, 0.2) is 42.6 Å². The number of nitrogens with zero attached hydrogens (tertiary/aromatic N) is 1. The molecule has 0 saturated heterocycles. The van der Waals surface area contributed by atoms with E-state index in [9.17, 15) is 0 Å². The second-order valence-corrected chi connectivity index (χ2v) is 4.71. The Morgan fingerprint density at radius 2 is 2.11 bits per heavy atom. The normalized spacial score (nSPS) is 12.2. The Hall–Kier alpha value is -1.87. The number of hydrogen-bond donors (Lipinski definition) is 1. The Labute approximate surface area is 114 Å². The summed E-state index contributed by atoms with van der Waals surface area (Å²) in [4.78, 5) is 4.39. The molecule has 2 rings (SSSR count). The number of benzene rings is 1. The molecule has 0 amide bonds. The van der Waals surface area contributed by atoms with Crippen molar-refractivity contribution in [1.29, 1.82) is 0 Å². The van der Waals surface area contributed by atoms with E-state index in [1.165, 1.54) is 11.1 Å². The molecule has 3 nitrogen and oxygen atoms in total. The molecule has 0 aliphatic heterocycles. The lowest BCUT2D eigenvalue weighted by Crippen LogP contribution is -2.18. The van der Waals surface area contributed by atoms with Gasteiger partial charge in [-0.25, -0.2) is 0 Å². The van der Waals surface area contributed by atoms with Crippen molar-refractivity contribution < 1.29 is 4.74 Å². The minimum absolute atomic E-state index is 0.262. The Morgan fingerprint density at radius 1 is 1.26 bits per heavy atom. The average molecular weight is 256 g/mol. The first-order valence-electron chi connectivity index (χ1n) is 6.48. The van der Waals surface area contributed by atoms with Gasteiger partial charge in [0, 0.05) is 18.8 Å². The number of aryl methyl sites for hydroxylation is 1. The van der Waals surface area contributed by atoms with Crippen LogP contribution >= 0.6 is 0 Å². The zero-order chi connectivity index (χ0) is 13.7. The van der Waals surface area contributed by atoms with Gasteiger partial charge in [0.05, 0.1) is 12.8 Å². The van der Waals surface area contributed by atoms with Crippen molar-refractivity contribution in [3.05, 3.63) is 59.4 Å². The van der Waals surface area contributed by atoms with Crippen LogP contribution in [0.25, 0.3) is 0 Å². The first-order valence-corrected chi connectivity index (χ1v) is 6.48. The molecule has 0 saturated carbocycles. The number of ether oxygens (including phenoxy) is 1. The topological polar surface area (TPSA) is 34.1 Å². The first-order chi connectivity index (χ1) is 9.19. The van der Waals surface area contributed by atoms with Crippen molar-refractivity contribution >= 4 is 0 Å². The van der Waals surface area contributed by atoms with Crippen LogP contribution in [-0.2, 0) is 6.54 Å². The number of methoxy groups -OCH3 is 1. The van der Waals surface area contributed by atoms with Crippen LogP contribution in [0.2, 0.25) is 0 Å². The number of pyridine rings is 1. The van der Waals surface area contributed by atoms with E-state index in [2.05, 4.69) is 41.5 Å². The SMILES string of the molecule is COc1cccc([C@H](C)NCc2ccc(C)cn2)c1. The third-order valence-corrected chi connectivity index (χ3v) is 3.16. The minimum Gasteiger partial charge on any atom is -0.497 e. The highest BCUT2D eigenvalue weighted by Gasteiger charge is 2.06. The summed E-state index contributed by atoms with van der Waals surface area (Å²) in [6.07, 6.45) is 1.90. The van der Waals surface area contributed by atoms with Crippen molar-refractivity contribution in [2.75, 3.05) is 7.11 Å². The average Bonchev–Trinajstić information content (AvgIpc) is 2.46. The van der Waals surface area contributed by atoms with Crippen molar-refractivity contribution in [3.8, 4) is 5.75 Å². The van der Waals surface area contributed by atoms with Gasteiger partial charge in [-0.2, -0.15) is 0 Å². The van der Waals surface area contributed by atoms with Gasteiger partial charge in [-0.3, -0.25) is 4.98 Å². The maximum absolute atomic E-state index is 5.24. The van der Waals surface area contributed by atoms with E-state index in [1.807, 2.05) is 25.3 Å². The van der Waals surface area contributed by atoms with Crippen molar-refractivity contribution in [1.82, 2.24) is 10.3 Å². The summed E-state index contributed by atoms with van der Waals surface area (Å²) in [6, 6.07) is 12.5. The first kappa shape index (κ1) is 13.6. The van der Waals surface area contributed by atoms with Crippen LogP contribution in [0.5, 0.6) is 5.75 Å². The van der Waals surface area contributed by atoms with Crippen LogP contribution in [0.4, 0.5) is 0 Å². The zero-order valence-electron chi connectivity index (χ0n) is 11.7. The summed E-state index contributed by atoms with van der Waals surface area (Å²) < 4.78 is 5.24. The standard InChI is InChI=1S/C16H20N2O/c1-12-7-8-15(18-10-12)11-17-13(2)14-5-4-6-16(9-14)19-3/h4-10,13,17H,11H2,1-3H3/t13-/m0/s1. The lowest BCUT2D eigenvalue weighted by molar-refractivity contribution is 0.413. The molecule has 1 aromatic heterocycles. The van der Waals surface area contributed by atoms with E-state index in [0.717, 1.165) is 18.0 Å². The van der Waals surface area contributed by atoms with E-state index in [1.54, 1.807) is 7.11 Å². The smallest absolute Gasteiger partial charge is 0.119 e. The number of rotatable bonds is 5. The molecule has 3 heteroatoms. The third-order valence-electron chi connectivity index (χ3n) is 3.16. The molecule has 0 spiro atoms. The predicted molar refractivity (Wildman–Crippen MR) is 77.2 cm³/mol. The van der Waals surface area contributed by atoms with Gasteiger partial charge in [0.1, 0.15) is 5.75 Å². The quantitative estimate of drug-likeness (QED) is 0.891. The molecule has 19 heavy (non-hydrogen) atoms. The van der Waals surface area contributed by atoms with E-state index in [4.69, 9.17) is 4.74 Å². The van der Waals surface area contributed by atoms with Crippen LogP contribution in [0.3, 0.4) is 0 Å². The maximum atomic E-state index is 5.24. The summed E-state index contributed by atoms with van der Waals surface area (Å²) in [5.74, 6) is 0.889. The van der Waals surface area contributed by atoms with E-state index >= 15 is 0 Å². The molecule has 0 radical (unpaired) electrons. The number of aromatic nitrogens is 1. The second kappa shape index (κ2) is 6.34. The molecule has 0 aliphatic carbocycles. The lowest BCUT2D eigenvalue weighted by atomic mass is 10.1. The Balaban J connectivity index is 1.96. The minimum atomic E-state index is 0.262. The van der Waals surface area contributed by atoms with E-state index in [-0.39, 0.29) is 6.04 Å². The van der Waals surface area contributed by atoms with Gasteiger partial charge in [-0.05, 0) is 43.2 Å². The van der Waals surface area contributed by atoms with Crippen LogP contribution in [0.1, 0.15) is 29.8 Å². The molecule has 0 bridgehead atoms. The van der Waals surface area contributed by atoms with Crippen LogP contribution < -0.4 is 10.1 Å². The molecular weight excluding hydrogens is 236 g/mol. The monoisotopic (exact) mass is 256 g/mol. The fraction of sp³-hybridized carbons (Fsp3) is 0.312. The fourth-order valence-electron chi connectivity index (χ4n) is 1.89. The van der Waals surface area contributed by atoms with Crippen molar-refractivity contribution in [2.45, 2.75) is 26.4 Å². The number of nitrogens with one attached hydrogen (secondary N) is 1. The Kier molecular flexibility index (Phi) is 4.53. The highest BCUT2D eigenvalue weighted by atomic mass is 16.5. The van der Waals surface area contributed by atoms with Gasteiger partial charge in [0.15, 0.2) is 0 Å². The van der Waals surface area contributed by atoms with Gasteiger partial charge >= 0.3 is 0 Å². The second-order valence-electron chi connectivity index (χ2n) is 4.71. The summed E-state index contributed by atoms with van der Waals surface area (Å²) in [6.45, 7) is 4.95. The molecule has 1 heterocycles. The van der Waals surface area contributed by atoms with Crippen molar-refractivity contribution in [3.63, 3.8) is 0 Å². The summed E-state index contributed by atoms with van der Waals surface area (Å²) in [5, 5.41) is 3.47. The molecule has 1 atom stereocenters. The molecule has 0 fully saturated rings. The predicted octanol–water partition coefficient (Wildman–Crippen LogP) is 3.25. The van der Waals surface area contributed by atoms with Gasteiger partial charge in [0.2, 0.25) is 0 Å². The van der Waals surface area contributed by atoms with Gasteiger partial charge in [0.25, 0.3) is 0 Å². The Bertz CT molecular complexity index is 523. The zero-order valence-corrected chi connectivity index (χ0v) is 11.7. The Morgan fingerprint density at radius 3 is 2.79 bits per heavy atom. The van der Waals surface area contributed by atoms with Gasteiger partial charge < -0.3 is 10.1 Å². The van der Waals surface area contributed by atoms with Crippen molar-refractivity contribution in [2.24, 2.45) is 0 Å². The fourth-order valence-corrected chi connectivity index (χ4v) is 1.89. The largest absolute Gasteiger partial charge is 0.497 e. The third kappa shape index (κ3) is 3.80.